The van der Waals surface area contributed by atoms with Gasteiger partial charge in [0.05, 0.1) is 5.69 Å². The Labute approximate surface area is 81.2 Å². The second-order valence-corrected chi connectivity index (χ2v) is 4.01. The molecule has 1 N–H and O–H groups in total. The number of aromatic nitrogens is 2. The van der Waals surface area contributed by atoms with E-state index in [0.717, 1.165) is 21.7 Å². The van der Waals surface area contributed by atoms with Gasteiger partial charge in [-0.1, -0.05) is 20.4 Å². The van der Waals surface area contributed by atoms with Crippen molar-refractivity contribution in [3.05, 3.63) is 22.7 Å². The molecule has 0 fully saturated rings. The quantitative estimate of drug-likeness (QED) is 0.827. The topological polar surface area (TPSA) is 28.7 Å². The van der Waals surface area contributed by atoms with Gasteiger partial charge in [-0.15, -0.1) is 0 Å². The molecule has 0 amide bonds. The Balaban J connectivity index is 3.09. The summed E-state index contributed by atoms with van der Waals surface area (Å²) in [5, 5.41) is 0. The maximum absolute atomic E-state index is 4.41. The van der Waals surface area contributed by atoms with Crippen LogP contribution in [0, 0.1) is 0 Å². The molecule has 2 nitrogen and oxygen atoms in total. The first kappa shape index (κ1) is 9.52. The van der Waals surface area contributed by atoms with Gasteiger partial charge in [-0.2, -0.15) is 0 Å². The van der Waals surface area contributed by atoms with E-state index >= 15 is 0 Å². The second-order valence-electron chi connectivity index (χ2n) is 3.22. The predicted molar refractivity (Wildman–Crippen MR) is 55.1 cm³/mol. The lowest BCUT2D eigenvalue weighted by Crippen LogP contribution is -1.89. The highest BCUT2D eigenvalue weighted by molar-refractivity contribution is 9.10. The summed E-state index contributed by atoms with van der Waals surface area (Å²) in [6, 6.07) is 0. The van der Waals surface area contributed by atoms with Crippen molar-refractivity contribution in [2.24, 2.45) is 0 Å². The van der Waals surface area contributed by atoms with Gasteiger partial charge in [0.1, 0.15) is 10.4 Å². The summed E-state index contributed by atoms with van der Waals surface area (Å²) < 4.78 is 0.929. The average molecular weight is 229 g/mol. The average Bonchev–Trinajstić information content (AvgIpc) is 2.30. The zero-order chi connectivity index (χ0) is 9.30. The fraction of sp³-hybridized carbons (Fsp3) is 0.444. The van der Waals surface area contributed by atoms with Gasteiger partial charge in [-0.3, -0.25) is 0 Å². The predicted octanol–water partition coefficient (Wildman–Crippen LogP) is 3.33. The van der Waals surface area contributed by atoms with Crippen LogP contribution in [0.1, 0.15) is 38.2 Å². The molecule has 0 aliphatic rings. The maximum atomic E-state index is 4.41. The number of imidazole rings is 1. The molecule has 1 rings (SSSR count). The van der Waals surface area contributed by atoms with Crippen molar-refractivity contribution >= 4 is 21.5 Å². The number of nitrogens with zero attached hydrogens (tertiary/aromatic N) is 1. The third kappa shape index (κ3) is 1.78. The number of allylic oxidation sites excluding steroid dienone is 1. The largest absolute Gasteiger partial charge is 0.336 e. The van der Waals surface area contributed by atoms with Gasteiger partial charge in [0.15, 0.2) is 0 Å². The molecule has 0 aliphatic heterocycles. The van der Waals surface area contributed by atoms with Gasteiger partial charge >= 0.3 is 0 Å². The zero-order valence-electron chi connectivity index (χ0n) is 7.61. The molecule has 0 saturated heterocycles. The van der Waals surface area contributed by atoms with Crippen molar-refractivity contribution in [3.8, 4) is 0 Å². The molecule has 0 saturated carbocycles. The first-order valence-corrected chi connectivity index (χ1v) is 4.73. The Morgan fingerprint density at radius 1 is 1.58 bits per heavy atom. The Morgan fingerprint density at radius 3 is 2.42 bits per heavy atom. The normalized spacial score (nSPS) is 10.8. The summed E-state index contributed by atoms with van der Waals surface area (Å²) in [5.41, 5.74) is 1.91. The van der Waals surface area contributed by atoms with Crippen molar-refractivity contribution < 1.29 is 0 Å². The molecule has 3 heteroatoms. The number of nitrogens with one attached hydrogen (secondary N) is 1. The number of halogens is 1. The molecule has 0 aliphatic carbocycles. The van der Waals surface area contributed by atoms with Crippen molar-refractivity contribution in [1.29, 1.82) is 0 Å². The highest BCUT2D eigenvalue weighted by Crippen LogP contribution is 2.23. The van der Waals surface area contributed by atoms with Crippen molar-refractivity contribution in [2.45, 2.75) is 26.7 Å². The molecule has 12 heavy (non-hydrogen) atoms. The molecule has 66 valence electrons. The first-order chi connectivity index (χ1) is 5.52. The van der Waals surface area contributed by atoms with Gasteiger partial charge in [-0.25, -0.2) is 4.98 Å². The van der Waals surface area contributed by atoms with Crippen LogP contribution in [0.3, 0.4) is 0 Å². The second kappa shape index (κ2) is 3.44. The van der Waals surface area contributed by atoms with Crippen LogP contribution in [0.5, 0.6) is 0 Å². The lowest BCUT2D eigenvalue weighted by atomic mass is 10.2. The summed E-state index contributed by atoms with van der Waals surface area (Å²) in [5.74, 6) is 1.43. The third-order valence-corrected chi connectivity index (χ3v) is 2.20. The lowest BCUT2D eigenvalue weighted by molar-refractivity contribution is 0.792. The summed E-state index contributed by atoms with van der Waals surface area (Å²) in [6.45, 7) is 10.0. The van der Waals surface area contributed by atoms with Gasteiger partial charge in [0.2, 0.25) is 0 Å². The molecule has 0 spiro atoms. The van der Waals surface area contributed by atoms with Gasteiger partial charge < -0.3 is 4.98 Å². The minimum Gasteiger partial charge on any atom is -0.336 e. The van der Waals surface area contributed by atoms with Crippen LogP contribution in [-0.4, -0.2) is 9.97 Å². The molecule has 0 unspecified atom stereocenters. The van der Waals surface area contributed by atoms with Crippen LogP contribution in [0.15, 0.2) is 11.2 Å². The highest BCUT2D eigenvalue weighted by Gasteiger charge is 2.10. The molecular formula is C9H13BrN2. The lowest BCUT2D eigenvalue weighted by Gasteiger charge is -1.96. The van der Waals surface area contributed by atoms with E-state index in [1.54, 1.807) is 0 Å². The van der Waals surface area contributed by atoms with Gasteiger partial charge in [-0.05, 0) is 28.4 Å². The van der Waals surface area contributed by atoms with Crippen LogP contribution in [0.4, 0.5) is 0 Å². The van der Waals surface area contributed by atoms with E-state index in [1.807, 2.05) is 6.92 Å². The molecule has 1 aromatic heterocycles. The Kier molecular flexibility index (Phi) is 2.73. The van der Waals surface area contributed by atoms with Crippen LogP contribution < -0.4 is 0 Å². The van der Waals surface area contributed by atoms with Crippen LogP contribution in [0.25, 0.3) is 5.57 Å². The van der Waals surface area contributed by atoms with E-state index in [4.69, 9.17) is 0 Å². The fourth-order valence-electron chi connectivity index (χ4n) is 0.925. The summed E-state index contributed by atoms with van der Waals surface area (Å²) in [7, 11) is 0. The van der Waals surface area contributed by atoms with Crippen LogP contribution in [-0.2, 0) is 0 Å². The van der Waals surface area contributed by atoms with Gasteiger partial charge in [0.25, 0.3) is 0 Å². The number of aromatic amines is 1. The number of hydrogen-bond donors (Lipinski definition) is 1. The zero-order valence-corrected chi connectivity index (χ0v) is 9.20. The van der Waals surface area contributed by atoms with Gasteiger partial charge in [0, 0.05) is 5.92 Å². The molecule has 1 aromatic rings. The van der Waals surface area contributed by atoms with Crippen molar-refractivity contribution in [1.82, 2.24) is 9.97 Å². The molecule has 0 bridgehead atoms. The SMILES string of the molecule is C=C(C)c1nc(C(C)C)[nH]c1Br. The van der Waals surface area contributed by atoms with Crippen LogP contribution in [0.2, 0.25) is 0 Å². The summed E-state index contributed by atoms with van der Waals surface area (Å²) in [4.78, 5) is 7.58. The monoisotopic (exact) mass is 228 g/mol. The van der Waals surface area contributed by atoms with Crippen molar-refractivity contribution in [3.63, 3.8) is 0 Å². The van der Waals surface area contributed by atoms with E-state index in [1.165, 1.54) is 0 Å². The molecule has 1 heterocycles. The Morgan fingerprint density at radius 2 is 2.17 bits per heavy atom. The smallest absolute Gasteiger partial charge is 0.110 e. The third-order valence-electron chi connectivity index (χ3n) is 1.63. The van der Waals surface area contributed by atoms with E-state index < -0.39 is 0 Å². The highest BCUT2D eigenvalue weighted by atomic mass is 79.9. The number of hydrogen-bond acceptors (Lipinski definition) is 1. The maximum Gasteiger partial charge on any atom is 0.110 e. The van der Waals surface area contributed by atoms with E-state index in [0.29, 0.717) is 5.92 Å². The Bertz CT molecular complexity index is 299. The van der Waals surface area contributed by atoms with Crippen molar-refractivity contribution in [2.75, 3.05) is 0 Å². The first-order valence-electron chi connectivity index (χ1n) is 3.93. The minimum atomic E-state index is 0.425. The molecule has 0 aromatic carbocycles. The summed E-state index contributed by atoms with van der Waals surface area (Å²) in [6.07, 6.45) is 0. The molecular weight excluding hydrogens is 216 g/mol. The van der Waals surface area contributed by atoms with E-state index in [-0.39, 0.29) is 0 Å². The Hall–Kier alpha value is -0.570. The van der Waals surface area contributed by atoms with E-state index in [2.05, 4.69) is 46.3 Å². The number of rotatable bonds is 2. The number of H-pyrrole nitrogens is 1. The standard InChI is InChI=1S/C9H13BrN2/c1-5(2)7-8(10)12-9(11-7)6(3)4/h6H,1H2,2-4H3,(H,11,12). The van der Waals surface area contributed by atoms with E-state index in [9.17, 15) is 0 Å². The van der Waals surface area contributed by atoms with Crippen LogP contribution >= 0.6 is 15.9 Å². The summed E-state index contributed by atoms with van der Waals surface area (Å²) >= 11 is 3.41. The fourth-order valence-corrected chi connectivity index (χ4v) is 1.56. The minimum absolute atomic E-state index is 0.425. The molecule has 0 radical (unpaired) electrons. The molecule has 0 atom stereocenters.